The molecule has 2 aromatic rings. The van der Waals surface area contributed by atoms with Crippen molar-refractivity contribution in [2.75, 3.05) is 25.5 Å². The van der Waals surface area contributed by atoms with Gasteiger partial charge in [-0.1, -0.05) is 0 Å². The van der Waals surface area contributed by atoms with Gasteiger partial charge in [-0.2, -0.15) is 0 Å². The van der Waals surface area contributed by atoms with E-state index in [0.717, 1.165) is 0 Å². The van der Waals surface area contributed by atoms with Crippen molar-refractivity contribution >= 4 is 17.5 Å². The van der Waals surface area contributed by atoms with E-state index in [4.69, 9.17) is 4.74 Å². The maximum atomic E-state index is 12.5. The first-order valence-corrected chi connectivity index (χ1v) is 8.46. The summed E-state index contributed by atoms with van der Waals surface area (Å²) in [6.45, 7) is 1.04. The molecule has 7 heteroatoms. The molecule has 1 aromatic carbocycles. The van der Waals surface area contributed by atoms with Gasteiger partial charge in [0.1, 0.15) is 5.75 Å². The number of methoxy groups -OCH3 is 1. The van der Waals surface area contributed by atoms with Gasteiger partial charge < -0.3 is 20.1 Å². The van der Waals surface area contributed by atoms with Crippen LogP contribution >= 0.6 is 0 Å². The molecule has 0 bridgehead atoms. The predicted octanol–water partition coefficient (Wildman–Crippen LogP) is 2.92. The van der Waals surface area contributed by atoms with Gasteiger partial charge in [0, 0.05) is 30.6 Å². The molecular formula is C19H21N3O4. The summed E-state index contributed by atoms with van der Waals surface area (Å²) >= 11 is 0. The number of piperidine rings is 1. The number of phenols is 1. The predicted molar refractivity (Wildman–Crippen MR) is 96.5 cm³/mol. The van der Waals surface area contributed by atoms with Gasteiger partial charge in [0.2, 0.25) is 5.88 Å². The van der Waals surface area contributed by atoms with Gasteiger partial charge in [0.05, 0.1) is 19.0 Å². The lowest BCUT2D eigenvalue weighted by Crippen LogP contribution is -2.42. The summed E-state index contributed by atoms with van der Waals surface area (Å²) in [6, 6.07) is 9.49. The van der Waals surface area contributed by atoms with E-state index in [1.165, 1.54) is 25.4 Å². The smallest absolute Gasteiger partial charge is 0.321 e. The number of likely N-dealkylation sites (tertiary alicyclic amines) is 1. The molecule has 1 aromatic heterocycles. The molecule has 26 heavy (non-hydrogen) atoms. The van der Waals surface area contributed by atoms with Crippen molar-refractivity contribution in [2.45, 2.75) is 12.8 Å². The third-order valence-corrected chi connectivity index (χ3v) is 4.50. The normalized spacial score (nSPS) is 14.7. The number of ether oxygens (including phenoxy) is 1. The summed E-state index contributed by atoms with van der Waals surface area (Å²) in [5.74, 6) is 0.577. The van der Waals surface area contributed by atoms with Gasteiger partial charge in [-0.25, -0.2) is 9.78 Å². The first-order chi connectivity index (χ1) is 12.6. The number of Topliss-reactive ketones (excluding diaryl/α,β-unsaturated/α-hetero) is 1. The first-order valence-electron chi connectivity index (χ1n) is 8.46. The van der Waals surface area contributed by atoms with E-state index in [1.54, 1.807) is 29.2 Å². The third-order valence-electron chi connectivity index (χ3n) is 4.50. The number of carbonyl (C=O) groups is 2. The zero-order valence-electron chi connectivity index (χ0n) is 14.5. The number of rotatable bonds is 4. The number of anilines is 1. The van der Waals surface area contributed by atoms with Crippen LogP contribution in [0.1, 0.15) is 23.2 Å². The molecule has 0 atom stereocenters. The number of phenolic OH excluding ortho intramolecular Hbond substituents is 1. The molecule has 2 heterocycles. The molecule has 0 aliphatic carbocycles. The average Bonchev–Trinajstić information content (AvgIpc) is 2.69. The number of aromatic hydroxyl groups is 1. The first kappa shape index (κ1) is 17.7. The van der Waals surface area contributed by atoms with E-state index in [2.05, 4.69) is 10.3 Å². The number of aromatic nitrogens is 1. The topological polar surface area (TPSA) is 91.8 Å². The minimum Gasteiger partial charge on any atom is -0.508 e. The zero-order chi connectivity index (χ0) is 18.5. The monoisotopic (exact) mass is 355 g/mol. The Morgan fingerprint density at radius 3 is 2.42 bits per heavy atom. The quantitative estimate of drug-likeness (QED) is 0.823. The number of ketones is 1. The van der Waals surface area contributed by atoms with E-state index in [-0.39, 0.29) is 23.5 Å². The van der Waals surface area contributed by atoms with E-state index in [1.807, 2.05) is 0 Å². The average molecular weight is 355 g/mol. The molecular weight excluding hydrogens is 334 g/mol. The van der Waals surface area contributed by atoms with Crippen LogP contribution in [0, 0.1) is 5.92 Å². The lowest BCUT2D eigenvalue weighted by atomic mass is 9.89. The molecule has 1 aliphatic rings. The maximum Gasteiger partial charge on any atom is 0.321 e. The van der Waals surface area contributed by atoms with Crippen molar-refractivity contribution in [3.8, 4) is 11.6 Å². The van der Waals surface area contributed by atoms with Crippen LogP contribution < -0.4 is 10.1 Å². The number of pyridine rings is 1. The Bertz CT molecular complexity index is 766. The lowest BCUT2D eigenvalue weighted by Gasteiger charge is -2.31. The number of urea groups is 1. The molecule has 0 spiro atoms. The Kier molecular flexibility index (Phi) is 5.36. The van der Waals surface area contributed by atoms with E-state index >= 15 is 0 Å². The number of carbonyl (C=O) groups excluding carboxylic acids is 2. The number of amides is 2. The van der Waals surface area contributed by atoms with Gasteiger partial charge >= 0.3 is 6.03 Å². The summed E-state index contributed by atoms with van der Waals surface area (Å²) < 4.78 is 4.99. The summed E-state index contributed by atoms with van der Waals surface area (Å²) in [5, 5.41) is 12.1. The Labute approximate surface area is 151 Å². The van der Waals surface area contributed by atoms with Crippen molar-refractivity contribution in [2.24, 2.45) is 5.92 Å². The second kappa shape index (κ2) is 7.86. The third kappa shape index (κ3) is 4.11. The van der Waals surface area contributed by atoms with Gasteiger partial charge in [-0.15, -0.1) is 0 Å². The number of nitrogens with one attached hydrogen (secondary N) is 1. The van der Waals surface area contributed by atoms with Crippen LogP contribution in [0.15, 0.2) is 42.6 Å². The van der Waals surface area contributed by atoms with Crippen LogP contribution in [0.5, 0.6) is 11.6 Å². The lowest BCUT2D eigenvalue weighted by molar-refractivity contribution is 0.0859. The van der Waals surface area contributed by atoms with Crippen molar-refractivity contribution in [3.05, 3.63) is 48.2 Å². The zero-order valence-corrected chi connectivity index (χ0v) is 14.5. The summed E-state index contributed by atoms with van der Waals surface area (Å²) in [6.07, 6.45) is 2.78. The number of hydrogen-bond donors (Lipinski definition) is 2. The Hall–Kier alpha value is -3.09. The molecule has 3 rings (SSSR count). The Morgan fingerprint density at radius 1 is 1.15 bits per heavy atom. The highest BCUT2D eigenvalue weighted by atomic mass is 16.5. The van der Waals surface area contributed by atoms with Gasteiger partial charge in [0.15, 0.2) is 5.78 Å². The van der Waals surface area contributed by atoms with E-state index < -0.39 is 0 Å². The summed E-state index contributed by atoms with van der Waals surface area (Å²) in [5.41, 5.74) is 1.19. The molecule has 2 amide bonds. The van der Waals surface area contributed by atoms with E-state index in [9.17, 15) is 14.7 Å². The van der Waals surface area contributed by atoms with Crippen LogP contribution in [0.2, 0.25) is 0 Å². The van der Waals surface area contributed by atoms with Crippen LogP contribution in [-0.2, 0) is 0 Å². The second-order valence-electron chi connectivity index (χ2n) is 6.19. The van der Waals surface area contributed by atoms with Crippen molar-refractivity contribution in [3.63, 3.8) is 0 Å². The standard InChI is InChI=1S/C19H21N3O4/c1-26-17-7-4-15(12-20-17)21-19(25)22-10-8-14(9-11-22)18(24)13-2-5-16(23)6-3-13/h2-7,12,14,23H,8-11H2,1H3,(H,21,25). The van der Waals surface area contributed by atoms with Crippen LogP contribution in [0.4, 0.5) is 10.5 Å². The number of benzene rings is 1. The fourth-order valence-corrected chi connectivity index (χ4v) is 2.98. The fraction of sp³-hybridized carbons (Fsp3) is 0.316. The molecule has 136 valence electrons. The molecule has 1 saturated heterocycles. The largest absolute Gasteiger partial charge is 0.508 e. The van der Waals surface area contributed by atoms with Gasteiger partial charge in [0.25, 0.3) is 0 Å². The van der Waals surface area contributed by atoms with Crippen LogP contribution in [0.3, 0.4) is 0 Å². The summed E-state index contributed by atoms with van der Waals surface area (Å²) in [4.78, 5) is 30.6. The van der Waals surface area contributed by atoms with E-state index in [0.29, 0.717) is 43.1 Å². The fourth-order valence-electron chi connectivity index (χ4n) is 2.98. The van der Waals surface area contributed by atoms with Crippen LogP contribution in [-0.4, -0.2) is 47.0 Å². The van der Waals surface area contributed by atoms with Crippen LogP contribution in [0.25, 0.3) is 0 Å². The van der Waals surface area contributed by atoms with Crippen molar-refractivity contribution in [1.82, 2.24) is 9.88 Å². The Balaban J connectivity index is 1.53. The van der Waals surface area contributed by atoms with Gasteiger partial charge in [-0.3, -0.25) is 4.79 Å². The molecule has 7 nitrogen and oxygen atoms in total. The molecule has 0 radical (unpaired) electrons. The highest BCUT2D eigenvalue weighted by Crippen LogP contribution is 2.23. The van der Waals surface area contributed by atoms with Crippen molar-refractivity contribution < 1.29 is 19.4 Å². The molecule has 1 fully saturated rings. The minimum atomic E-state index is -0.201. The number of hydrogen-bond acceptors (Lipinski definition) is 5. The minimum absolute atomic E-state index is 0.0596. The van der Waals surface area contributed by atoms with Gasteiger partial charge in [-0.05, 0) is 43.2 Å². The molecule has 0 unspecified atom stereocenters. The highest BCUT2D eigenvalue weighted by molar-refractivity contribution is 5.98. The molecule has 0 saturated carbocycles. The molecule has 1 aliphatic heterocycles. The molecule has 2 N–H and O–H groups in total. The maximum absolute atomic E-state index is 12.5. The van der Waals surface area contributed by atoms with Crippen molar-refractivity contribution in [1.29, 1.82) is 0 Å². The second-order valence-corrected chi connectivity index (χ2v) is 6.19. The number of nitrogens with zero attached hydrogens (tertiary/aromatic N) is 2. The SMILES string of the molecule is COc1ccc(NC(=O)N2CCC(C(=O)c3ccc(O)cc3)CC2)cn1. The Morgan fingerprint density at radius 2 is 1.85 bits per heavy atom. The highest BCUT2D eigenvalue weighted by Gasteiger charge is 2.28. The summed E-state index contributed by atoms with van der Waals surface area (Å²) in [7, 11) is 1.53.